The van der Waals surface area contributed by atoms with Gasteiger partial charge in [-0.3, -0.25) is 4.99 Å². The van der Waals surface area contributed by atoms with Crippen LogP contribution >= 0.6 is 0 Å². The number of aliphatic imine (C=N–C) groups is 1. The second-order valence-electron chi connectivity index (χ2n) is 2.24. The van der Waals surface area contributed by atoms with E-state index >= 15 is 0 Å². The minimum atomic E-state index is -0.0463. The first-order chi connectivity index (χ1) is 5.47. The summed E-state index contributed by atoms with van der Waals surface area (Å²) in [5.74, 6) is 0.839. The van der Waals surface area contributed by atoms with Crippen LogP contribution in [0.15, 0.2) is 40.1 Å². The van der Waals surface area contributed by atoms with Gasteiger partial charge in [-0.25, -0.2) is 0 Å². The molecule has 1 atom stereocenters. The van der Waals surface area contributed by atoms with Gasteiger partial charge in [0.05, 0.1) is 6.26 Å². The quantitative estimate of drug-likeness (QED) is 0.654. The van der Waals surface area contributed by atoms with Crippen molar-refractivity contribution in [2.45, 2.75) is 6.17 Å². The Kier molecular flexibility index (Phi) is 1.48. The molecule has 0 aromatic carbocycles. The maximum Gasteiger partial charge on any atom is 0.177 e. The molecule has 1 aromatic rings. The van der Waals surface area contributed by atoms with E-state index in [0.29, 0.717) is 0 Å². The Balaban J connectivity index is 2.19. The Labute approximate surface area is 64.4 Å². The number of rotatable bonds is 1. The molecule has 1 aromatic heterocycles. The minimum absolute atomic E-state index is 0.0463. The Morgan fingerprint density at radius 2 is 2.55 bits per heavy atom. The number of nitrogens with zero attached hydrogens (tertiary/aromatic N) is 1. The largest absolute Gasteiger partial charge is 0.465 e. The second kappa shape index (κ2) is 2.62. The standard InChI is InChI=1S/C8H8N2O/c1-3-7(11-6-1)8-9-4-2-5-10-8/h1-6,8-9H. The summed E-state index contributed by atoms with van der Waals surface area (Å²) in [6.45, 7) is 0. The van der Waals surface area contributed by atoms with Gasteiger partial charge < -0.3 is 9.73 Å². The highest BCUT2D eigenvalue weighted by molar-refractivity contribution is 5.71. The SMILES string of the molecule is C1=CNC(c2ccco2)N=C1. The monoisotopic (exact) mass is 148 g/mol. The molecule has 3 nitrogen and oxygen atoms in total. The molecule has 0 spiro atoms. The van der Waals surface area contributed by atoms with Crippen LogP contribution in [0.3, 0.4) is 0 Å². The van der Waals surface area contributed by atoms with Crippen molar-refractivity contribution < 1.29 is 4.42 Å². The third kappa shape index (κ3) is 1.17. The van der Waals surface area contributed by atoms with E-state index < -0.39 is 0 Å². The third-order valence-corrected chi connectivity index (χ3v) is 1.48. The summed E-state index contributed by atoms with van der Waals surface area (Å²) >= 11 is 0. The van der Waals surface area contributed by atoms with Gasteiger partial charge in [0.2, 0.25) is 0 Å². The van der Waals surface area contributed by atoms with E-state index in [1.54, 1.807) is 12.5 Å². The molecule has 2 rings (SSSR count). The predicted octanol–water partition coefficient (Wildman–Crippen LogP) is 1.47. The first-order valence-corrected chi connectivity index (χ1v) is 3.44. The lowest BCUT2D eigenvalue weighted by Crippen LogP contribution is -2.14. The number of allylic oxidation sites excluding steroid dienone is 1. The van der Waals surface area contributed by atoms with Gasteiger partial charge in [0.15, 0.2) is 6.17 Å². The van der Waals surface area contributed by atoms with Crippen LogP contribution in [0.25, 0.3) is 0 Å². The average Bonchev–Trinajstić information content (AvgIpc) is 2.58. The van der Waals surface area contributed by atoms with Crippen LogP contribution < -0.4 is 5.32 Å². The van der Waals surface area contributed by atoms with Gasteiger partial charge >= 0.3 is 0 Å². The van der Waals surface area contributed by atoms with Crippen molar-refractivity contribution >= 4 is 6.21 Å². The van der Waals surface area contributed by atoms with E-state index in [-0.39, 0.29) is 6.17 Å². The lowest BCUT2D eigenvalue weighted by Gasteiger charge is -2.11. The molecule has 56 valence electrons. The van der Waals surface area contributed by atoms with Crippen LogP contribution in [0.1, 0.15) is 11.9 Å². The van der Waals surface area contributed by atoms with Gasteiger partial charge in [0.1, 0.15) is 5.76 Å². The number of hydrogen-bond donors (Lipinski definition) is 1. The molecule has 11 heavy (non-hydrogen) atoms. The molecule has 0 saturated heterocycles. The zero-order chi connectivity index (χ0) is 7.52. The zero-order valence-corrected chi connectivity index (χ0v) is 5.90. The van der Waals surface area contributed by atoms with E-state index in [4.69, 9.17) is 4.42 Å². The maximum absolute atomic E-state index is 5.16. The van der Waals surface area contributed by atoms with Crippen LogP contribution in [0, 0.1) is 0 Å². The molecule has 0 fully saturated rings. The van der Waals surface area contributed by atoms with Crippen molar-refractivity contribution in [3.05, 3.63) is 36.4 Å². The topological polar surface area (TPSA) is 37.5 Å². The molecule has 0 aliphatic carbocycles. The maximum atomic E-state index is 5.16. The average molecular weight is 148 g/mol. The molecule has 3 heteroatoms. The van der Waals surface area contributed by atoms with Crippen molar-refractivity contribution in [1.29, 1.82) is 0 Å². The summed E-state index contributed by atoms with van der Waals surface area (Å²) in [4.78, 5) is 4.16. The lowest BCUT2D eigenvalue weighted by molar-refractivity contribution is 0.447. The molecule has 0 radical (unpaired) electrons. The smallest absolute Gasteiger partial charge is 0.177 e. The van der Waals surface area contributed by atoms with Crippen molar-refractivity contribution in [1.82, 2.24) is 5.32 Å². The van der Waals surface area contributed by atoms with E-state index in [9.17, 15) is 0 Å². The van der Waals surface area contributed by atoms with Crippen LogP contribution in [-0.2, 0) is 0 Å². The molecule has 0 saturated carbocycles. The molecular weight excluding hydrogens is 140 g/mol. The molecule has 1 unspecified atom stereocenters. The van der Waals surface area contributed by atoms with Gasteiger partial charge in [0, 0.05) is 12.4 Å². The summed E-state index contributed by atoms with van der Waals surface area (Å²) in [5.41, 5.74) is 0. The minimum Gasteiger partial charge on any atom is -0.465 e. The van der Waals surface area contributed by atoms with Crippen molar-refractivity contribution in [3.8, 4) is 0 Å². The highest BCUT2D eigenvalue weighted by Crippen LogP contribution is 2.15. The molecule has 2 heterocycles. The zero-order valence-electron chi connectivity index (χ0n) is 5.90. The summed E-state index contributed by atoms with van der Waals surface area (Å²) in [6.07, 6.45) is 7.05. The second-order valence-corrected chi connectivity index (χ2v) is 2.24. The molecule has 0 amide bonds. The predicted molar refractivity (Wildman–Crippen MR) is 42.2 cm³/mol. The number of furan rings is 1. The Hall–Kier alpha value is -1.51. The van der Waals surface area contributed by atoms with E-state index in [0.717, 1.165) is 5.76 Å². The van der Waals surface area contributed by atoms with Gasteiger partial charge in [-0.1, -0.05) is 0 Å². The van der Waals surface area contributed by atoms with Gasteiger partial charge in [0.25, 0.3) is 0 Å². The molecule has 1 aliphatic heterocycles. The first-order valence-electron chi connectivity index (χ1n) is 3.44. The third-order valence-electron chi connectivity index (χ3n) is 1.48. The molecule has 1 N–H and O–H groups in total. The van der Waals surface area contributed by atoms with Gasteiger partial charge in [-0.2, -0.15) is 0 Å². The van der Waals surface area contributed by atoms with Crippen LogP contribution in [-0.4, -0.2) is 6.21 Å². The van der Waals surface area contributed by atoms with Crippen LogP contribution in [0.5, 0.6) is 0 Å². The van der Waals surface area contributed by atoms with Gasteiger partial charge in [-0.15, -0.1) is 0 Å². The first kappa shape index (κ1) is 6.22. The van der Waals surface area contributed by atoms with Crippen molar-refractivity contribution in [3.63, 3.8) is 0 Å². The van der Waals surface area contributed by atoms with E-state index in [1.165, 1.54) is 0 Å². The van der Waals surface area contributed by atoms with Crippen LogP contribution in [0.4, 0.5) is 0 Å². The Morgan fingerprint density at radius 3 is 3.18 bits per heavy atom. The Bertz CT molecular complexity index is 274. The fourth-order valence-electron chi connectivity index (χ4n) is 0.971. The van der Waals surface area contributed by atoms with Crippen molar-refractivity contribution in [2.75, 3.05) is 0 Å². The molecule has 1 aliphatic rings. The number of hydrogen-bond acceptors (Lipinski definition) is 3. The normalized spacial score (nSPS) is 21.6. The number of nitrogens with one attached hydrogen (secondary N) is 1. The fourth-order valence-corrected chi connectivity index (χ4v) is 0.971. The summed E-state index contributed by atoms with van der Waals surface area (Å²) in [5, 5.41) is 3.05. The Morgan fingerprint density at radius 1 is 1.55 bits per heavy atom. The lowest BCUT2D eigenvalue weighted by atomic mass is 10.3. The van der Waals surface area contributed by atoms with Gasteiger partial charge in [-0.05, 0) is 18.2 Å². The van der Waals surface area contributed by atoms with E-state index in [2.05, 4.69) is 10.3 Å². The van der Waals surface area contributed by atoms with Crippen LogP contribution in [0.2, 0.25) is 0 Å². The summed E-state index contributed by atoms with van der Waals surface area (Å²) < 4.78 is 5.16. The molecule has 0 bridgehead atoms. The summed E-state index contributed by atoms with van der Waals surface area (Å²) in [6, 6.07) is 3.75. The highest BCUT2D eigenvalue weighted by atomic mass is 16.3. The van der Waals surface area contributed by atoms with Crippen molar-refractivity contribution in [2.24, 2.45) is 4.99 Å². The van der Waals surface area contributed by atoms with E-state index in [1.807, 2.05) is 24.4 Å². The highest BCUT2D eigenvalue weighted by Gasteiger charge is 2.09. The summed E-state index contributed by atoms with van der Waals surface area (Å²) in [7, 11) is 0. The fraction of sp³-hybridized carbons (Fsp3) is 0.125. The molecular formula is C8H8N2O.